The van der Waals surface area contributed by atoms with E-state index in [1.807, 2.05) is 30.3 Å². The molecule has 0 radical (unpaired) electrons. The lowest BCUT2D eigenvalue weighted by atomic mass is 10.1. The number of para-hydroxylation sites is 1. The Hall–Kier alpha value is -4.27. The summed E-state index contributed by atoms with van der Waals surface area (Å²) in [5.74, 6) is -0.313. The lowest BCUT2D eigenvalue weighted by molar-refractivity contribution is -0.115. The number of benzene rings is 2. The molecular weight excluding hydrogens is 398 g/mol. The first-order valence-corrected chi connectivity index (χ1v) is 9.44. The van der Waals surface area contributed by atoms with Gasteiger partial charge in [-0.1, -0.05) is 18.2 Å². The molecule has 0 bridgehead atoms. The Balaban J connectivity index is 1.47. The van der Waals surface area contributed by atoms with E-state index < -0.39 is 5.91 Å². The number of carbonyl (C=O) groups excluding carboxylic acids is 2. The minimum atomic E-state index is -0.509. The number of hydrogen-bond acceptors (Lipinski definition) is 7. The van der Waals surface area contributed by atoms with Gasteiger partial charge in [0.15, 0.2) is 0 Å². The van der Waals surface area contributed by atoms with Gasteiger partial charge in [0.25, 0.3) is 5.91 Å². The highest BCUT2D eigenvalue weighted by atomic mass is 16.5. The zero-order valence-corrected chi connectivity index (χ0v) is 16.9. The van der Waals surface area contributed by atoms with E-state index in [0.29, 0.717) is 22.7 Å². The summed E-state index contributed by atoms with van der Waals surface area (Å²) in [6, 6.07) is 11.2. The van der Waals surface area contributed by atoms with Crippen LogP contribution < -0.4 is 15.5 Å². The van der Waals surface area contributed by atoms with Crippen molar-refractivity contribution in [1.29, 1.82) is 0 Å². The van der Waals surface area contributed by atoms with E-state index in [4.69, 9.17) is 9.15 Å². The summed E-state index contributed by atoms with van der Waals surface area (Å²) in [6.07, 6.45) is 4.17. The van der Waals surface area contributed by atoms with Gasteiger partial charge in [0.05, 0.1) is 25.4 Å². The van der Waals surface area contributed by atoms with E-state index in [2.05, 4.69) is 25.8 Å². The summed E-state index contributed by atoms with van der Waals surface area (Å²) in [5.41, 5.74) is 4.78. The molecule has 0 saturated heterocycles. The van der Waals surface area contributed by atoms with Crippen molar-refractivity contribution in [3.8, 4) is 5.75 Å². The number of furan rings is 1. The van der Waals surface area contributed by atoms with Gasteiger partial charge in [0, 0.05) is 34.9 Å². The monoisotopic (exact) mass is 417 g/mol. The van der Waals surface area contributed by atoms with Crippen LogP contribution in [0.25, 0.3) is 21.9 Å². The van der Waals surface area contributed by atoms with Gasteiger partial charge in [-0.15, -0.1) is 0 Å². The smallest absolute Gasteiger partial charge is 0.291 e. The number of carbonyl (C=O) groups is 2. The highest BCUT2D eigenvalue weighted by Crippen LogP contribution is 2.36. The van der Waals surface area contributed by atoms with Gasteiger partial charge >= 0.3 is 0 Å². The van der Waals surface area contributed by atoms with E-state index in [1.165, 1.54) is 25.7 Å². The SMILES string of the molecule is COc1cc2c(cc1NC(=O)C/C(C)=N/NC(=O)c1cnccn1)oc1ccccc12. The molecule has 0 aliphatic carbocycles. The third-order valence-corrected chi connectivity index (χ3v) is 4.53. The number of anilines is 1. The molecule has 9 heteroatoms. The van der Waals surface area contributed by atoms with E-state index >= 15 is 0 Å². The molecule has 31 heavy (non-hydrogen) atoms. The van der Waals surface area contributed by atoms with Gasteiger partial charge in [0.2, 0.25) is 5.91 Å². The van der Waals surface area contributed by atoms with Crippen molar-refractivity contribution in [3.05, 3.63) is 60.7 Å². The lowest BCUT2D eigenvalue weighted by Crippen LogP contribution is -2.22. The van der Waals surface area contributed by atoms with Crippen LogP contribution in [0.5, 0.6) is 5.75 Å². The number of fused-ring (bicyclic) bond motifs is 3. The maximum atomic E-state index is 12.5. The first-order valence-electron chi connectivity index (χ1n) is 9.44. The van der Waals surface area contributed by atoms with Gasteiger partial charge in [-0.25, -0.2) is 10.4 Å². The second-order valence-electron chi connectivity index (χ2n) is 6.75. The molecule has 0 aliphatic rings. The van der Waals surface area contributed by atoms with E-state index in [0.717, 1.165) is 16.4 Å². The Kier molecular flexibility index (Phi) is 5.57. The van der Waals surface area contributed by atoms with Crippen LogP contribution in [0.1, 0.15) is 23.8 Å². The quantitative estimate of drug-likeness (QED) is 0.366. The van der Waals surface area contributed by atoms with Crippen LogP contribution >= 0.6 is 0 Å². The number of amides is 2. The van der Waals surface area contributed by atoms with Crippen molar-refractivity contribution >= 4 is 45.2 Å². The topological polar surface area (TPSA) is 119 Å². The summed E-state index contributed by atoms with van der Waals surface area (Å²) in [6.45, 7) is 1.64. The molecule has 9 nitrogen and oxygen atoms in total. The predicted octanol–water partition coefficient (Wildman–Crippen LogP) is 3.52. The van der Waals surface area contributed by atoms with Crippen molar-refractivity contribution in [2.75, 3.05) is 12.4 Å². The fourth-order valence-corrected chi connectivity index (χ4v) is 3.10. The molecule has 0 unspecified atom stereocenters. The van der Waals surface area contributed by atoms with E-state index in [1.54, 1.807) is 13.0 Å². The number of ether oxygens (including phenoxy) is 1. The third-order valence-electron chi connectivity index (χ3n) is 4.53. The molecule has 156 valence electrons. The fourth-order valence-electron chi connectivity index (χ4n) is 3.10. The summed E-state index contributed by atoms with van der Waals surface area (Å²) in [7, 11) is 1.54. The average molecular weight is 417 g/mol. The van der Waals surface area contributed by atoms with Gasteiger partial charge < -0.3 is 14.5 Å². The molecule has 4 aromatic rings. The zero-order valence-electron chi connectivity index (χ0n) is 16.9. The Bertz CT molecular complexity index is 1300. The van der Waals surface area contributed by atoms with Crippen LogP contribution in [0, 0.1) is 0 Å². The first kappa shape index (κ1) is 20.0. The maximum absolute atomic E-state index is 12.5. The van der Waals surface area contributed by atoms with Crippen LogP contribution in [-0.4, -0.2) is 34.6 Å². The molecule has 2 amide bonds. The Morgan fingerprint density at radius 3 is 2.74 bits per heavy atom. The van der Waals surface area contributed by atoms with Crippen LogP contribution in [-0.2, 0) is 4.79 Å². The minimum Gasteiger partial charge on any atom is -0.495 e. The second-order valence-corrected chi connectivity index (χ2v) is 6.75. The van der Waals surface area contributed by atoms with Crippen molar-refractivity contribution < 1.29 is 18.7 Å². The molecule has 2 heterocycles. The number of hydrazone groups is 1. The maximum Gasteiger partial charge on any atom is 0.291 e. The summed E-state index contributed by atoms with van der Waals surface area (Å²) in [4.78, 5) is 32.2. The van der Waals surface area contributed by atoms with Crippen molar-refractivity contribution in [2.24, 2.45) is 5.10 Å². The van der Waals surface area contributed by atoms with E-state index in [-0.39, 0.29) is 18.0 Å². The van der Waals surface area contributed by atoms with Crippen LogP contribution in [0.4, 0.5) is 5.69 Å². The summed E-state index contributed by atoms with van der Waals surface area (Å²) < 4.78 is 11.3. The Labute approximate surface area is 177 Å². The molecule has 4 rings (SSSR count). The number of nitrogens with one attached hydrogen (secondary N) is 2. The number of methoxy groups -OCH3 is 1. The number of hydrogen-bond donors (Lipinski definition) is 2. The molecule has 0 saturated carbocycles. The van der Waals surface area contributed by atoms with Gasteiger partial charge in [-0.3, -0.25) is 14.6 Å². The van der Waals surface area contributed by atoms with Crippen molar-refractivity contribution in [3.63, 3.8) is 0 Å². The molecule has 2 aromatic heterocycles. The molecule has 2 aromatic carbocycles. The number of aromatic nitrogens is 2. The second kappa shape index (κ2) is 8.62. The summed E-state index contributed by atoms with van der Waals surface area (Å²) >= 11 is 0. The average Bonchev–Trinajstić information content (AvgIpc) is 3.14. The van der Waals surface area contributed by atoms with Gasteiger partial charge in [0.1, 0.15) is 22.6 Å². The van der Waals surface area contributed by atoms with Crippen LogP contribution in [0.2, 0.25) is 0 Å². The van der Waals surface area contributed by atoms with E-state index in [9.17, 15) is 9.59 Å². The summed E-state index contributed by atoms with van der Waals surface area (Å²) in [5, 5.41) is 8.62. The molecular formula is C22H19N5O4. The Morgan fingerprint density at radius 2 is 1.97 bits per heavy atom. The molecule has 0 spiro atoms. The van der Waals surface area contributed by atoms with Gasteiger partial charge in [-0.2, -0.15) is 5.10 Å². The van der Waals surface area contributed by atoms with Gasteiger partial charge in [-0.05, 0) is 19.1 Å². The third kappa shape index (κ3) is 4.35. The van der Waals surface area contributed by atoms with Crippen LogP contribution in [0.3, 0.4) is 0 Å². The Morgan fingerprint density at radius 1 is 1.13 bits per heavy atom. The first-order chi connectivity index (χ1) is 15.0. The molecule has 0 atom stereocenters. The lowest BCUT2D eigenvalue weighted by Gasteiger charge is -2.10. The molecule has 0 fully saturated rings. The van der Waals surface area contributed by atoms with Crippen molar-refractivity contribution in [2.45, 2.75) is 13.3 Å². The standard InChI is InChI=1S/C22H19N5O4/c1-13(26-27-22(29)17-12-23-7-8-24-17)9-21(28)25-16-11-19-15(10-20(16)30-2)14-5-3-4-6-18(14)31-19/h3-8,10-12H,9H2,1-2H3,(H,25,28)(H,27,29)/b26-13+. The minimum absolute atomic E-state index is 0.0257. The predicted molar refractivity (Wildman–Crippen MR) is 116 cm³/mol. The zero-order chi connectivity index (χ0) is 21.8. The highest BCUT2D eigenvalue weighted by Gasteiger charge is 2.15. The van der Waals surface area contributed by atoms with Crippen LogP contribution in [0.15, 0.2) is 64.5 Å². The normalized spacial score (nSPS) is 11.5. The number of rotatable bonds is 6. The molecule has 2 N–H and O–H groups in total. The van der Waals surface area contributed by atoms with Crippen molar-refractivity contribution in [1.82, 2.24) is 15.4 Å². The highest BCUT2D eigenvalue weighted by molar-refractivity contribution is 6.10. The fraction of sp³-hybridized carbons (Fsp3) is 0.136. The molecule has 0 aliphatic heterocycles. The number of nitrogens with zero attached hydrogens (tertiary/aromatic N) is 3. The largest absolute Gasteiger partial charge is 0.495 e.